The molecule has 0 radical (unpaired) electrons. The van der Waals surface area contributed by atoms with E-state index in [-0.39, 0.29) is 16.6 Å². The summed E-state index contributed by atoms with van der Waals surface area (Å²) in [6.07, 6.45) is 0. The molecule has 0 aliphatic carbocycles. The summed E-state index contributed by atoms with van der Waals surface area (Å²) >= 11 is 0. The largest absolute Gasteiger partial charge is 0.451 e. The minimum atomic E-state index is -3.89. The molecular formula is C25H20N4O4S. The minimum Gasteiger partial charge on any atom is -0.451 e. The summed E-state index contributed by atoms with van der Waals surface area (Å²) in [5.74, 6) is -0.262. The third kappa shape index (κ3) is 4.20. The molecule has 3 aromatic carbocycles. The Morgan fingerprint density at radius 3 is 2.29 bits per heavy atom. The number of nitrogens with one attached hydrogen (secondary N) is 2. The van der Waals surface area contributed by atoms with Crippen molar-refractivity contribution in [3.05, 3.63) is 89.9 Å². The third-order valence-electron chi connectivity index (χ3n) is 5.28. The van der Waals surface area contributed by atoms with E-state index in [2.05, 4.69) is 20.0 Å². The van der Waals surface area contributed by atoms with Gasteiger partial charge in [0.1, 0.15) is 5.58 Å². The molecular weight excluding hydrogens is 452 g/mol. The van der Waals surface area contributed by atoms with Gasteiger partial charge < -0.3 is 9.73 Å². The van der Waals surface area contributed by atoms with Crippen molar-refractivity contribution in [2.75, 3.05) is 10.0 Å². The molecule has 0 fully saturated rings. The Kier molecular flexibility index (Phi) is 5.25. The molecule has 2 aromatic heterocycles. The standard InChI is InChI=1S/C25H20N4O4S/c1-15-13-16(2)27-25(26-15)29-34(31,32)19-10-8-18(9-11-19)28-24(30)23-14-21-20-6-4-3-5-17(20)7-12-22(21)33-23/h3-14H,1-2H3,(H,28,30)(H,26,27,29). The number of aryl methyl sites for hydroxylation is 2. The van der Waals surface area contributed by atoms with Gasteiger partial charge in [-0.3, -0.25) is 4.79 Å². The maximum Gasteiger partial charge on any atom is 0.291 e. The Bertz CT molecular complexity index is 1640. The van der Waals surface area contributed by atoms with E-state index in [1.54, 1.807) is 26.0 Å². The first-order valence-electron chi connectivity index (χ1n) is 10.5. The molecule has 2 N–H and O–H groups in total. The van der Waals surface area contributed by atoms with E-state index in [0.29, 0.717) is 22.7 Å². The van der Waals surface area contributed by atoms with Crippen LogP contribution in [-0.4, -0.2) is 24.3 Å². The summed E-state index contributed by atoms with van der Waals surface area (Å²) in [6, 6.07) is 20.9. The molecule has 0 bridgehead atoms. The molecule has 0 unspecified atom stereocenters. The average Bonchev–Trinajstić information content (AvgIpc) is 3.24. The smallest absolute Gasteiger partial charge is 0.291 e. The lowest BCUT2D eigenvalue weighted by molar-refractivity contribution is 0.0998. The zero-order valence-electron chi connectivity index (χ0n) is 18.4. The van der Waals surface area contributed by atoms with Crippen LogP contribution in [0.5, 0.6) is 0 Å². The number of nitrogens with zero attached hydrogens (tertiary/aromatic N) is 2. The highest BCUT2D eigenvalue weighted by Crippen LogP contribution is 2.28. The zero-order chi connectivity index (χ0) is 23.9. The highest BCUT2D eigenvalue weighted by molar-refractivity contribution is 7.92. The normalized spacial score (nSPS) is 11.6. The molecule has 0 saturated heterocycles. The van der Waals surface area contributed by atoms with Gasteiger partial charge in [0, 0.05) is 22.5 Å². The van der Waals surface area contributed by atoms with Crippen LogP contribution in [0.3, 0.4) is 0 Å². The lowest BCUT2D eigenvalue weighted by Gasteiger charge is -2.09. The number of carbonyl (C=O) groups is 1. The van der Waals surface area contributed by atoms with Crippen LogP contribution in [0.1, 0.15) is 21.9 Å². The second-order valence-electron chi connectivity index (χ2n) is 7.87. The number of fused-ring (bicyclic) bond motifs is 3. The fourth-order valence-corrected chi connectivity index (χ4v) is 4.71. The van der Waals surface area contributed by atoms with Gasteiger partial charge in [-0.1, -0.05) is 30.3 Å². The van der Waals surface area contributed by atoms with E-state index in [1.807, 2.05) is 36.4 Å². The second-order valence-corrected chi connectivity index (χ2v) is 9.55. The van der Waals surface area contributed by atoms with Crippen LogP contribution in [0.4, 0.5) is 11.6 Å². The molecule has 0 saturated carbocycles. The van der Waals surface area contributed by atoms with Crippen molar-refractivity contribution in [1.82, 2.24) is 9.97 Å². The lowest BCUT2D eigenvalue weighted by Crippen LogP contribution is -2.16. The number of carbonyl (C=O) groups excluding carboxylic acids is 1. The van der Waals surface area contributed by atoms with Gasteiger partial charge in [-0.05, 0) is 67.1 Å². The number of rotatable bonds is 5. The quantitative estimate of drug-likeness (QED) is 0.370. The van der Waals surface area contributed by atoms with Crippen LogP contribution < -0.4 is 10.0 Å². The fraction of sp³-hybridized carbons (Fsp3) is 0.0800. The van der Waals surface area contributed by atoms with Gasteiger partial charge in [-0.15, -0.1) is 0 Å². The topological polar surface area (TPSA) is 114 Å². The summed E-state index contributed by atoms with van der Waals surface area (Å²) in [7, 11) is -3.89. The van der Waals surface area contributed by atoms with E-state index >= 15 is 0 Å². The molecule has 9 heteroatoms. The van der Waals surface area contributed by atoms with Gasteiger partial charge in [-0.2, -0.15) is 0 Å². The minimum absolute atomic E-state index is 0.00675. The van der Waals surface area contributed by atoms with Crippen molar-refractivity contribution in [1.29, 1.82) is 0 Å². The van der Waals surface area contributed by atoms with E-state index in [0.717, 1.165) is 16.2 Å². The molecule has 0 spiro atoms. The Labute approximate surface area is 195 Å². The molecule has 1 amide bonds. The van der Waals surface area contributed by atoms with Crippen molar-refractivity contribution in [2.24, 2.45) is 0 Å². The third-order valence-corrected chi connectivity index (χ3v) is 6.62. The number of anilines is 2. The highest BCUT2D eigenvalue weighted by Gasteiger charge is 2.18. The van der Waals surface area contributed by atoms with Crippen LogP contribution in [0, 0.1) is 13.8 Å². The predicted octanol–water partition coefficient (Wildman–Crippen LogP) is 5.05. The van der Waals surface area contributed by atoms with E-state index in [9.17, 15) is 13.2 Å². The van der Waals surface area contributed by atoms with Crippen LogP contribution in [0.2, 0.25) is 0 Å². The van der Waals surface area contributed by atoms with Gasteiger partial charge in [0.2, 0.25) is 5.95 Å². The Hall–Kier alpha value is -4.24. The Morgan fingerprint density at radius 2 is 1.56 bits per heavy atom. The van der Waals surface area contributed by atoms with E-state index in [1.165, 1.54) is 24.3 Å². The summed E-state index contributed by atoms with van der Waals surface area (Å²) < 4.78 is 33.5. The zero-order valence-corrected chi connectivity index (χ0v) is 19.2. The number of aromatic nitrogens is 2. The summed E-state index contributed by atoms with van der Waals surface area (Å²) in [6.45, 7) is 3.52. The average molecular weight is 473 g/mol. The first-order valence-corrected chi connectivity index (χ1v) is 11.9. The van der Waals surface area contributed by atoms with Crippen molar-refractivity contribution >= 4 is 49.3 Å². The number of hydrogen-bond donors (Lipinski definition) is 2. The van der Waals surface area contributed by atoms with E-state index in [4.69, 9.17) is 4.42 Å². The number of furan rings is 1. The predicted molar refractivity (Wildman–Crippen MR) is 130 cm³/mol. The van der Waals surface area contributed by atoms with Crippen molar-refractivity contribution in [2.45, 2.75) is 18.7 Å². The Balaban J connectivity index is 1.34. The molecule has 0 aliphatic rings. The first kappa shape index (κ1) is 21.6. The van der Waals surface area contributed by atoms with Crippen LogP contribution >= 0.6 is 0 Å². The molecule has 2 heterocycles. The molecule has 0 aliphatic heterocycles. The van der Waals surface area contributed by atoms with Gasteiger partial charge in [0.15, 0.2) is 5.76 Å². The van der Waals surface area contributed by atoms with Crippen molar-refractivity contribution in [3.63, 3.8) is 0 Å². The summed E-state index contributed by atoms with van der Waals surface area (Å²) in [5, 5.41) is 5.64. The number of hydrogen-bond acceptors (Lipinski definition) is 6. The molecule has 170 valence electrons. The van der Waals surface area contributed by atoms with Crippen LogP contribution in [0.25, 0.3) is 21.7 Å². The monoisotopic (exact) mass is 472 g/mol. The molecule has 34 heavy (non-hydrogen) atoms. The van der Waals surface area contributed by atoms with Gasteiger partial charge >= 0.3 is 0 Å². The molecule has 5 rings (SSSR count). The maximum absolute atomic E-state index is 12.8. The van der Waals surface area contributed by atoms with Crippen molar-refractivity contribution < 1.29 is 17.6 Å². The van der Waals surface area contributed by atoms with Crippen LogP contribution in [0.15, 0.2) is 82.1 Å². The number of amides is 1. The SMILES string of the molecule is Cc1cc(C)nc(NS(=O)(=O)c2ccc(NC(=O)c3cc4c(ccc5ccccc54)o3)cc2)n1. The Morgan fingerprint density at radius 1 is 0.853 bits per heavy atom. The number of benzene rings is 3. The fourth-order valence-electron chi connectivity index (χ4n) is 3.77. The van der Waals surface area contributed by atoms with Gasteiger partial charge in [0.25, 0.3) is 15.9 Å². The maximum atomic E-state index is 12.8. The van der Waals surface area contributed by atoms with Crippen LogP contribution in [-0.2, 0) is 10.0 Å². The lowest BCUT2D eigenvalue weighted by atomic mass is 10.1. The summed E-state index contributed by atoms with van der Waals surface area (Å²) in [5.41, 5.74) is 2.35. The summed E-state index contributed by atoms with van der Waals surface area (Å²) in [4.78, 5) is 21.0. The number of sulfonamides is 1. The van der Waals surface area contributed by atoms with Gasteiger partial charge in [0.05, 0.1) is 4.90 Å². The molecule has 5 aromatic rings. The second kappa shape index (κ2) is 8.27. The van der Waals surface area contributed by atoms with Gasteiger partial charge in [-0.25, -0.2) is 23.1 Å². The van der Waals surface area contributed by atoms with E-state index < -0.39 is 15.9 Å². The molecule has 8 nitrogen and oxygen atoms in total. The molecule has 0 atom stereocenters. The first-order chi connectivity index (χ1) is 16.3. The highest BCUT2D eigenvalue weighted by atomic mass is 32.2. The van der Waals surface area contributed by atoms with Crippen molar-refractivity contribution in [3.8, 4) is 0 Å².